The average molecular weight is 340 g/mol. The van der Waals surface area contributed by atoms with Gasteiger partial charge in [0.05, 0.1) is 0 Å². The van der Waals surface area contributed by atoms with E-state index in [1.54, 1.807) is 0 Å². The number of halogens is 1. The third kappa shape index (κ3) is 3.13. The Kier molecular flexibility index (Phi) is 4.97. The van der Waals surface area contributed by atoms with E-state index >= 15 is 0 Å². The van der Waals surface area contributed by atoms with E-state index in [9.17, 15) is 4.79 Å². The molecule has 2 unspecified atom stereocenters. The lowest BCUT2D eigenvalue weighted by molar-refractivity contribution is 0.0747. The Hall–Kier alpha value is -1.07. The van der Waals surface area contributed by atoms with Crippen LogP contribution in [0.4, 0.5) is 0 Å². The Morgan fingerprint density at radius 1 is 1.13 bits per heavy atom. The third-order valence-electron chi connectivity index (χ3n) is 5.84. The molecule has 0 aromatic carbocycles. The minimum Gasteiger partial charge on any atom is -0.360 e. The molecule has 3 aliphatic rings. The van der Waals surface area contributed by atoms with Crippen LogP contribution in [-0.4, -0.2) is 23.1 Å². The predicted molar refractivity (Wildman–Crippen MR) is 89.7 cm³/mol. The summed E-state index contributed by atoms with van der Waals surface area (Å²) in [6, 6.07) is 0.584. The van der Waals surface area contributed by atoms with Crippen molar-refractivity contribution in [1.29, 1.82) is 0 Å². The van der Waals surface area contributed by atoms with Crippen molar-refractivity contribution in [1.82, 2.24) is 10.5 Å². The van der Waals surface area contributed by atoms with Crippen LogP contribution >= 0.6 is 12.4 Å². The van der Waals surface area contributed by atoms with E-state index < -0.39 is 0 Å². The Morgan fingerprint density at radius 2 is 1.83 bits per heavy atom. The van der Waals surface area contributed by atoms with Crippen LogP contribution in [0.1, 0.15) is 66.8 Å². The summed E-state index contributed by atoms with van der Waals surface area (Å²) in [5, 5.41) is 7.34. The zero-order valence-electron chi connectivity index (χ0n) is 13.4. The fraction of sp³-hybridized carbons (Fsp3) is 0.765. The van der Waals surface area contributed by atoms with Crippen LogP contribution in [0.15, 0.2) is 4.52 Å². The molecule has 3 aliphatic carbocycles. The fourth-order valence-corrected chi connectivity index (χ4v) is 4.81. The molecule has 0 saturated heterocycles. The number of carbonyl (C=O) groups excluding carboxylic acids is 1. The van der Waals surface area contributed by atoms with E-state index in [-0.39, 0.29) is 24.4 Å². The Balaban J connectivity index is 0.00000156. The summed E-state index contributed by atoms with van der Waals surface area (Å²) in [6.45, 7) is 0. The van der Waals surface area contributed by atoms with Gasteiger partial charge in [-0.2, -0.15) is 0 Å². The maximum absolute atomic E-state index is 12.7. The summed E-state index contributed by atoms with van der Waals surface area (Å²) in [5.74, 6) is 1.95. The first-order chi connectivity index (χ1) is 10.7. The van der Waals surface area contributed by atoms with Crippen molar-refractivity contribution in [3.8, 4) is 0 Å². The van der Waals surface area contributed by atoms with Crippen molar-refractivity contribution in [2.45, 2.75) is 69.9 Å². The highest BCUT2D eigenvalue weighted by Gasteiger charge is 2.40. The number of aryl methyl sites for hydroxylation is 1. The van der Waals surface area contributed by atoms with Gasteiger partial charge < -0.3 is 15.6 Å². The minimum absolute atomic E-state index is 0. The van der Waals surface area contributed by atoms with Gasteiger partial charge in [0.25, 0.3) is 5.91 Å². The molecule has 0 aliphatic heterocycles. The van der Waals surface area contributed by atoms with Crippen LogP contribution in [0.5, 0.6) is 0 Å². The maximum atomic E-state index is 12.7. The van der Waals surface area contributed by atoms with Gasteiger partial charge in [0, 0.05) is 24.1 Å². The molecule has 23 heavy (non-hydrogen) atoms. The number of rotatable bonds is 2. The average Bonchev–Trinajstić information content (AvgIpc) is 2.92. The summed E-state index contributed by atoms with van der Waals surface area (Å²) in [6.07, 6.45) is 9.82. The second kappa shape index (κ2) is 6.81. The number of amides is 1. The van der Waals surface area contributed by atoms with Crippen molar-refractivity contribution in [3.05, 3.63) is 17.0 Å². The summed E-state index contributed by atoms with van der Waals surface area (Å²) < 4.78 is 5.38. The molecule has 2 atom stereocenters. The SMILES string of the molecule is Cl.NC1CC2CCCC(C1)C2NC(=O)c1noc2c1CCCC2. The number of nitrogens with zero attached hydrogens (tertiary/aromatic N) is 1. The van der Waals surface area contributed by atoms with Crippen molar-refractivity contribution >= 4 is 18.3 Å². The zero-order chi connectivity index (χ0) is 15.1. The van der Waals surface area contributed by atoms with Gasteiger partial charge in [0.15, 0.2) is 5.69 Å². The molecular formula is C17H26ClN3O2. The van der Waals surface area contributed by atoms with Gasteiger partial charge in [-0.3, -0.25) is 4.79 Å². The number of carbonyl (C=O) groups is 1. The Bertz CT molecular complexity index is 560. The third-order valence-corrected chi connectivity index (χ3v) is 5.84. The zero-order valence-corrected chi connectivity index (χ0v) is 14.2. The maximum Gasteiger partial charge on any atom is 0.274 e. The Labute approximate surface area is 143 Å². The molecule has 5 nitrogen and oxygen atoms in total. The lowest BCUT2D eigenvalue weighted by atomic mass is 9.67. The number of hydrogen-bond acceptors (Lipinski definition) is 4. The second-order valence-corrected chi connectivity index (χ2v) is 7.32. The molecule has 2 fully saturated rings. The normalized spacial score (nSPS) is 32.6. The highest BCUT2D eigenvalue weighted by Crippen LogP contribution is 2.39. The van der Waals surface area contributed by atoms with Crippen molar-refractivity contribution < 1.29 is 9.32 Å². The van der Waals surface area contributed by atoms with Gasteiger partial charge in [-0.05, 0) is 56.8 Å². The molecular weight excluding hydrogens is 314 g/mol. The first kappa shape index (κ1) is 16.8. The molecule has 4 rings (SSSR count). The molecule has 2 saturated carbocycles. The van der Waals surface area contributed by atoms with Crippen molar-refractivity contribution in [3.63, 3.8) is 0 Å². The van der Waals surface area contributed by atoms with Gasteiger partial charge >= 0.3 is 0 Å². The second-order valence-electron chi connectivity index (χ2n) is 7.32. The van der Waals surface area contributed by atoms with Crippen molar-refractivity contribution in [2.24, 2.45) is 17.6 Å². The van der Waals surface area contributed by atoms with Crippen LogP contribution in [0, 0.1) is 11.8 Å². The first-order valence-corrected chi connectivity index (χ1v) is 8.76. The van der Waals surface area contributed by atoms with E-state index in [0.717, 1.165) is 49.8 Å². The van der Waals surface area contributed by atoms with E-state index in [2.05, 4.69) is 10.5 Å². The van der Waals surface area contributed by atoms with E-state index in [1.807, 2.05) is 0 Å². The summed E-state index contributed by atoms with van der Waals surface area (Å²) >= 11 is 0. The fourth-order valence-electron chi connectivity index (χ4n) is 4.81. The van der Waals surface area contributed by atoms with Gasteiger partial charge in [-0.25, -0.2) is 0 Å². The molecule has 1 heterocycles. The smallest absolute Gasteiger partial charge is 0.274 e. The molecule has 1 aromatic heterocycles. The highest BCUT2D eigenvalue weighted by atomic mass is 35.5. The number of aromatic nitrogens is 1. The number of fused-ring (bicyclic) bond motifs is 3. The molecule has 0 radical (unpaired) electrons. The van der Waals surface area contributed by atoms with Gasteiger partial charge in [-0.15, -0.1) is 12.4 Å². The number of nitrogens with two attached hydrogens (primary N) is 1. The predicted octanol–water partition coefficient (Wildman–Crippen LogP) is 2.61. The molecule has 6 heteroatoms. The highest BCUT2D eigenvalue weighted by molar-refractivity contribution is 5.94. The van der Waals surface area contributed by atoms with Crippen LogP contribution in [0.2, 0.25) is 0 Å². The number of nitrogens with one attached hydrogen (secondary N) is 1. The molecule has 0 spiro atoms. The summed E-state index contributed by atoms with van der Waals surface area (Å²) in [7, 11) is 0. The van der Waals surface area contributed by atoms with Gasteiger partial charge in [0.2, 0.25) is 0 Å². The lowest BCUT2D eigenvalue weighted by Crippen LogP contribution is -2.53. The van der Waals surface area contributed by atoms with Crippen LogP contribution in [0.25, 0.3) is 0 Å². The van der Waals surface area contributed by atoms with Gasteiger partial charge in [0.1, 0.15) is 5.76 Å². The standard InChI is InChI=1S/C17H25N3O2.ClH/c18-12-8-10-4-3-5-11(9-12)15(10)19-17(21)16-13-6-1-2-7-14(13)22-20-16;/h10-12,15H,1-9,18H2,(H,19,21);1H. The summed E-state index contributed by atoms with van der Waals surface area (Å²) in [5.41, 5.74) is 7.74. The van der Waals surface area contributed by atoms with E-state index in [1.165, 1.54) is 19.3 Å². The molecule has 1 amide bonds. The monoisotopic (exact) mass is 339 g/mol. The minimum atomic E-state index is -0.0377. The molecule has 3 N–H and O–H groups in total. The largest absolute Gasteiger partial charge is 0.360 e. The summed E-state index contributed by atoms with van der Waals surface area (Å²) in [4.78, 5) is 12.7. The van der Waals surface area contributed by atoms with Crippen LogP contribution < -0.4 is 11.1 Å². The van der Waals surface area contributed by atoms with Crippen molar-refractivity contribution in [2.75, 3.05) is 0 Å². The van der Waals surface area contributed by atoms with E-state index in [0.29, 0.717) is 23.6 Å². The first-order valence-electron chi connectivity index (χ1n) is 8.76. The van der Waals surface area contributed by atoms with Crippen LogP contribution in [0.3, 0.4) is 0 Å². The van der Waals surface area contributed by atoms with Gasteiger partial charge in [-0.1, -0.05) is 11.6 Å². The molecule has 1 aromatic rings. The topological polar surface area (TPSA) is 81.1 Å². The van der Waals surface area contributed by atoms with E-state index in [4.69, 9.17) is 10.3 Å². The lowest BCUT2D eigenvalue weighted by Gasteiger charge is -2.45. The molecule has 2 bridgehead atoms. The molecule has 128 valence electrons. The quantitative estimate of drug-likeness (QED) is 0.867. The van der Waals surface area contributed by atoms with Crippen LogP contribution in [-0.2, 0) is 12.8 Å². The Morgan fingerprint density at radius 3 is 2.57 bits per heavy atom. The number of hydrogen-bond donors (Lipinski definition) is 2.